The molecule has 2 N–H and O–H groups in total. The van der Waals surface area contributed by atoms with Gasteiger partial charge in [0.05, 0.1) is 7.11 Å². The third-order valence-corrected chi connectivity index (χ3v) is 5.05. The van der Waals surface area contributed by atoms with Crippen LogP contribution in [0.3, 0.4) is 0 Å². The van der Waals surface area contributed by atoms with Crippen molar-refractivity contribution in [3.05, 3.63) is 58.6 Å². The fourth-order valence-corrected chi connectivity index (χ4v) is 3.53. The van der Waals surface area contributed by atoms with Crippen LogP contribution >= 0.6 is 11.6 Å². The van der Waals surface area contributed by atoms with Crippen molar-refractivity contribution >= 4 is 17.6 Å². The molecule has 0 unspecified atom stereocenters. The van der Waals surface area contributed by atoms with Gasteiger partial charge in [-0.2, -0.15) is 0 Å². The van der Waals surface area contributed by atoms with Gasteiger partial charge in [0, 0.05) is 30.2 Å². The Morgan fingerprint density at radius 2 is 1.92 bits per heavy atom. The van der Waals surface area contributed by atoms with Crippen LogP contribution in [0.2, 0.25) is 5.02 Å². The number of urea groups is 1. The quantitative estimate of drug-likeness (QED) is 0.845. The number of benzene rings is 2. The molecule has 2 aromatic carbocycles. The lowest BCUT2D eigenvalue weighted by Gasteiger charge is -2.32. The van der Waals surface area contributed by atoms with E-state index in [9.17, 15) is 9.90 Å². The first-order valence-corrected chi connectivity index (χ1v) is 9.08. The summed E-state index contributed by atoms with van der Waals surface area (Å²) in [4.78, 5) is 14.3. The van der Waals surface area contributed by atoms with Gasteiger partial charge >= 0.3 is 6.03 Å². The van der Waals surface area contributed by atoms with Gasteiger partial charge in [0.1, 0.15) is 11.5 Å². The summed E-state index contributed by atoms with van der Waals surface area (Å²) in [7, 11) is 1.60. The van der Waals surface area contributed by atoms with E-state index in [2.05, 4.69) is 5.32 Å². The fourth-order valence-electron chi connectivity index (χ4n) is 3.33. The molecule has 2 aromatic rings. The van der Waals surface area contributed by atoms with E-state index in [-0.39, 0.29) is 11.8 Å². The second-order valence-electron chi connectivity index (χ2n) is 6.47. The number of phenols is 1. The Kier molecular flexibility index (Phi) is 5.89. The van der Waals surface area contributed by atoms with Crippen molar-refractivity contribution in [3.8, 4) is 11.5 Å². The Hall–Kier alpha value is -2.40. The Morgan fingerprint density at radius 1 is 1.23 bits per heavy atom. The molecule has 0 aromatic heterocycles. The molecular formula is C20H23ClN2O3. The van der Waals surface area contributed by atoms with Gasteiger partial charge in [-0.3, -0.25) is 0 Å². The molecule has 0 atom stereocenters. The van der Waals surface area contributed by atoms with Crippen molar-refractivity contribution < 1.29 is 14.6 Å². The zero-order valence-electron chi connectivity index (χ0n) is 14.7. The van der Waals surface area contributed by atoms with Gasteiger partial charge in [-0.05, 0) is 54.7 Å². The normalized spacial score (nSPS) is 14.9. The monoisotopic (exact) mass is 374 g/mol. The van der Waals surface area contributed by atoms with E-state index >= 15 is 0 Å². The molecule has 1 aliphatic heterocycles. The average Bonchev–Trinajstić information content (AvgIpc) is 2.67. The summed E-state index contributed by atoms with van der Waals surface area (Å²) in [5.74, 6) is 1.41. The lowest BCUT2D eigenvalue weighted by atomic mass is 9.89. The van der Waals surface area contributed by atoms with E-state index < -0.39 is 0 Å². The zero-order valence-corrected chi connectivity index (χ0v) is 15.5. The predicted molar refractivity (Wildman–Crippen MR) is 102 cm³/mol. The number of hydrogen-bond donors (Lipinski definition) is 2. The summed E-state index contributed by atoms with van der Waals surface area (Å²) < 4.78 is 5.31. The van der Waals surface area contributed by atoms with Crippen LogP contribution in [0, 0.1) is 0 Å². The molecule has 1 saturated heterocycles. The highest BCUT2D eigenvalue weighted by atomic mass is 35.5. The van der Waals surface area contributed by atoms with E-state index in [0.29, 0.717) is 36.3 Å². The number of hydrogen-bond acceptors (Lipinski definition) is 3. The van der Waals surface area contributed by atoms with Crippen LogP contribution in [0.5, 0.6) is 11.5 Å². The molecule has 0 radical (unpaired) electrons. The van der Waals surface area contributed by atoms with Crippen LogP contribution in [-0.2, 0) is 6.54 Å². The van der Waals surface area contributed by atoms with Crippen LogP contribution in [0.1, 0.15) is 29.9 Å². The zero-order chi connectivity index (χ0) is 18.5. The summed E-state index contributed by atoms with van der Waals surface area (Å²) in [6.45, 7) is 1.80. The van der Waals surface area contributed by atoms with Crippen molar-refractivity contribution in [1.82, 2.24) is 10.2 Å². The number of halogens is 1. The minimum Gasteiger partial charge on any atom is -0.508 e. The molecule has 2 amide bonds. The SMILES string of the molecule is COc1ccc(Cl)cc1CNC(=O)N1CCC(c2ccc(O)cc2)CC1. The third kappa shape index (κ3) is 4.41. The van der Waals surface area contributed by atoms with Gasteiger partial charge in [-0.1, -0.05) is 23.7 Å². The van der Waals surface area contributed by atoms with Gasteiger partial charge in [0.15, 0.2) is 0 Å². The molecule has 0 saturated carbocycles. The molecule has 138 valence electrons. The minimum absolute atomic E-state index is 0.0730. The number of phenolic OH excluding ortho intramolecular Hbond substituents is 1. The largest absolute Gasteiger partial charge is 0.508 e. The molecule has 26 heavy (non-hydrogen) atoms. The standard InChI is InChI=1S/C20H23ClN2O3/c1-26-19-7-4-17(21)12-16(19)13-22-20(25)23-10-8-15(9-11-23)14-2-5-18(24)6-3-14/h2-7,12,15,24H,8-11,13H2,1H3,(H,22,25). The number of ether oxygens (including phenoxy) is 1. The Morgan fingerprint density at radius 3 is 2.58 bits per heavy atom. The number of nitrogens with zero attached hydrogens (tertiary/aromatic N) is 1. The van der Waals surface area contributed by atoms with Gasteiger partial charge in [0.25, 0.3) is 0 Å². The van der Waals surface area contributed by atoms with Crippen LogP contribution < -0.4 is 10.1 Å². The molecule has 1 aliphatic rings. The number of piperidine rings is 1. The number of carbonyl (C=O) groups excluding carboxylic acids is 1. The molecule has 1 heterocycles. The number of amides is 2. The molecule has 3 rings (SSSR count). The molecule has 0 bridgehead atoms. The molecule has 0 aliphatic carbocycles. The fraction of sp³-hybridized carbons (Fsp3) is 0.350. The first-order chi connectivity index (χ1) is 12.6. The van der Waals surface area contributed by atoms with Crippen LogP contribution in [0.4, 0.5) is 4.79 Å². The summed E-state index contributed by atoms with van der Waals surface area (Å²) >= 11 is 6.03. The van der Waals surface area contributed by atoms with E-state index in [1.54, 1.807) is 37.4 Å². The van der Waals surface area contributed by atoms with Gasteiger partial charge in [-0.25, -0.2) is 4.79 Å². The molecule has 6 heteroatoms. The lowest BCUT2D eigenvalue weighted by Crippen LogP contribution is -2.43. The maximum absolute atomic E-state index is 12.5. The topological polar surface area (TPSA) is 61.8 Å². The van der Waals surface area contributed by atoms with Crippen molar-refractivity contribution in [1.29, 1.82) is 0 Å². The first-order valence-electron chi connectivity index (χ1n) is 8.71. The van der Waals surface area contributed by atoms with Crippen LogP contribution in [0.25, 0.3) is 0 Å². The summed E-state index contributed by atoms with van der Waals surface area (Å²) in [6, 6.07) is 12.6. The third-order valence-electron chi connectivity index (χ3n) is 4.82. The predicted octanol–water partition coefficient (Wildman–Crippen LogP) is 4.14. The molecule has 1 fully saturated rings. The first kappa shape index (κ1) is 18.4. The summed E-state index contributed by atoms with van der Waals surface area (Å²) in [6.07, 6.45) is 1.83. The highest BCUT2D eigenvalue weighted by Crippen LogP contribution is 2.29. The van der Waals surface area contributed by atoms with Gasteiger partial charge in [0.2, 0.25) is 0 Å². The summed E-state index contributed by atoms with van der Waals surface area (Å²) in [5.41, 5.74) is 2.07. The van der Waals surface area contributed by atoms with E-state index in [0.717, 1.165) is 18.4 Å². The van der Waals surface area contributed by atoms with E-state index in [4.69, 9.17) is 16.3 Å². The second kappa shape index (κ2) is 8.32. The van der Waals surface area contributed by atoms with Crippen LogP contribution in [0.15, 0.2) is 42.5 Å². The number of carbonyl (C=O) groups is 1. The van der Waals surface area contributed by atoms with Crippen molar-refractivity contribution in [2.24, 2.45) is 0 Å². The smallest absolute Gasteiger partial charge is 0.317 e. The highest BCUT2D eigenvalue weighted by Gasteiger charge is 2.23. The number of aromatic hydroxyl groups is 1. The number of rotatable bonds is 4. The number of likely N-dealkylation sites (tertiary alicyclic amines) is 1. The van der Waals surface area contributed by atoms with E-state index in [1.807, 2.05) is 17.0 Å². The second-order valence-corrected chi connectivity index (χ2v) is 6.90. The van der Waals surface area contributed by atoms with Gasteiger partial charge < -0.3 is 20.1 Å². The highest BCUT2D eigenvalue weighted by molar-refractivity contribution is 6.30. The van der Waals surface area contributed by atoms with Crippen molar-refractivity contribution in [2.45, 2.75) is 25.3 Å². The van der Waals surface area contributed by atoms with Crippen molar-refractivity contribution in [3.63, 3.8) is 0 Å². The van der Waals surface area contributed by atoms with E-state index in [1.165, 1.54) is 5.56 Å². The Labute approximate surface area is 158 Å². The number of nitrogens with one attached hydrogen (secondary N) is 1. The Bertz CT molecular complexity index is 756. The maximum Gasteiger partial charge on any atom is 0.317 e. The lowest BCUT2D eigenvalue weighted by molar-refractivity contribution is 0.181. The molecule has 0 spiro atoms. The molecule has 5 nitrogen and oxygen atoms in total. The van der Waals surface area contributed by atoms with Crippen LogP contribution in [-0.4, -0.2) is 36.2 Å². The maximum atomic E-state index is 12.5. The number of methoxy groups -OCH3 is 1. The van der Waals surface area contributed by atoms with Crippen molar-refractivity contribution in [2.75, 3.05) is 20.2 Å². The minimum atomic E-state index is -0.0730. The summed E-state index contributed by atoms with van der Waals surface area (Å²) in [5, 5.41) is 13.0. The van der Waals surface area contributed by atoms with Gasteiger partial charge in [-0.15, -0.1) is 0 Å². The Balaban J connectivity index is 1.52. The molecular weight excluding hydrogens is 352 g/mol. The average molecular weight is 375 g/mol.